The molecule has 1 aromatic heterocycles. The van der Waals surface area contributed by atoms with Crippen molar-refractivity contribution in [3.05, 3.63) is 48.2 Å². The van der Waals surface area contributed by atoms with Crippen LogP contribution >= 0.6 is 0 Å². The van der Waals surface area contributed by atoms with E-state index in [1.54, 1.807) is 0 Å². The fourth-order valence-electron chi connectivity index (χ4n) is 4.53. The van der Waals surface area contributed by atoms with Crippen LogP contribution in [-0.4, -0.2) is 53.6 Å². The summed E-state index contributed by atoms with van der Waals surface area (Å²) in [5.41, 5.74) is 1.45. The van der Waals surface area contributed by atoms with Crippen molar-refractivity contribution in [2.24, 2.45) is 0 Å². The van der Waals surface area contributed by atoms with E-state index in [1.165, 1.54) is 63.5 Å². The lowest BCUT2D eigenvalue weighted by Crippen LogP contribution is -2.40. The van der Waals surface area contributed by atoms with E-state index in [0.717, 1.165) is 37.9 Å². The lowest BCUT2D eigenvalue weighted by atomic mass is 10.0. The Morgan fingerprint density at radius 3 is 2.41 bits per heavy atom. The number of benzene rings is 1. The second-order valence-electron chi connectivity index (χ2n) is 8.49. The molecule has 0 amide bonds. The van der Waals surface area contributed by atoms with E-state index in [9.17, 15) is 0 Å². The van der Waals surface area contributed by atoms with Gasteiger partial charge in [-0.05, 0) is 56.7 Å². The van der Waals surface area contributed by atoms with Crippen LogP contribution < -0.4 is 10.2 Å². The summed E-state index contributed by atoms with van der Waals surface area (Å²) in [4.78, 5) is 14.3. The Kier molecular flexibility index (Phi) is 7.35. The molecule has 0 saturated carbocycles. The van der Waals surface area contributed by atoms with E-state index in [1.807, 2.05) is 6.20 Å². The Morgan fingerprint density at radius 1 is 0.897 bits per heavy atom. The zero-order chi connectivity index (χ0) is 19.7. The summed E-state index contributed by atoms with van der Waals surface area (Å²) in [5, 5.41) is 3.60. The van der Waals surface area contributed by atoms with Crippen LogP contribution in [0.2, 0.25) is 0 Å². The van der Waals surface area contributed by atoms with Crippen molar-refractivity contribution in [2.45, 2.75) is 57.4 Å². The van der Waals surface area contributed by atoms with Gasteiger partial charge in [0.1, 0.15) is 5.82 Å². The minimum Gasteiger partial charge on any atom is -0.356 e. The maximum absolute atomic E-state index is 4.82. The minimum absolute atomic E-state index is 0.486. The van der Waals surface area contributed by atoms with Gasteiger partial charge in [-0.2, -0.15) is 4.98 Å². The monoisotopic (exact) mass is 393 g/mol. The fourth-order valence-corrected chi connectivity index (χ4v) is 4.53. The van der Waals surface area contributed by atoms with Crippen molar-refractivity contribution in [3.63, 3.8) is 0 Å². The Balaban J connectivity index is 1.21. The Morgan fingerprint density at radius 2 is 1.66 bits per heavy atom. The smallest absolute Gasteiger partial charge is 0.224 e. The van der Waals surface area contributed by atoms with Crippen LogP contribution in [0.1, 0.15) is 50.5 Å². The van der Waals surface area contributed by atoms with E-state index in [0.29, 0.717) is 6.04 Å². The van der Waals surface area contributed by atoms with Crippen LogP contribution in [-0.2, 0) is 6.42 Å². The van der Waals surface area contributed by atoms with E-state index in [-0.39, 0.29) is 0 Å². The molecule has 5 heteroatoms. The van der Waals surface area contributed by atoms with E-state index < -0.39 is 0 Å². The second-order valence-corrected chi connectivity index (χ2v) is 8.49. The molecule has 1 aromatic carbocycles. The van der Waals surface area contributed by atoms with Crippen molar-refractivity contribution < 1.29 is 0 Å². The molecule has 2 aliphatic rings. The molecular weight excluding hydrogens is 358 g/mol. The van der Waals surface area contributed by atoms with E-state index >= 15 is 0 Å². The van der Waals surface area contributed by atoms with Gasteiger partial charge in [0, 0.05) is 38.4 Å². The number of rotatable bonds is 7. The van der Waals surface area contributed by atoms with Gasteiger partial charge < -0.3 is 15.1 Å². The maximum atomic E-state index is 4.82. The average molecular weight is 394 g/mol. The number of nitrogens with one attached hydrogen (secondary N) is 1. The Bertz CT molecular complexity index is 719. The van der Waals surface area contributed by atoms with Gasteiger partial charge in [0.05, 0.1) is 0 Å². The predicted octanol–water partition coefficient (Wildman–Crippen LogP) is 4.37. The van der Waals surface area contributed by atoms with Gasteiger partial charge in [-0.3, -0.25) is 0 Å². The number of piperidine rings is 1. The Hall–Kier alpha value is -2.14. The number of anilines is 2. The first-order valence-corrected chi connectivity index (χ1v) is 11.5. The van der Waals surface area contributed by atoms with Gasteiger partial charge in [-0.1, -0.05) is 43.2 Å². The molecular formula is C24H35N5. The molecule has 29 heavy (non-hydrogen) atoms. The summed E-state index contributed by atoms with van der Waals surface area (Å²) < 4.78 is 0. The molecule has 1 N–H and O–H groups in total. The molecule has 0 unspecified atom stereocenters. The van der Waals surface area contributed by atoms with Gasteiger partial charge in [-0.15, -0.1) is 0 Å². The van der Waals surface area contributed by atoms with Crippen molar-refractivity contribution in [2.75, 3.05) is 42.9 Å². The molecule has 2 aromatic rings. The molecule has 0 atom stereocenters. The van der Waals surface area contributed by atoms with Gasteiger partial charge in [0.2, 0.25) is 5.95 Å². The number of likely N-dealkylation sites (tertiary alicyclic amines) is 1. The zero-order valence-electron chi connectivity index (χ0n) is 17.6. The largest absolute Gasteiger partial charge is 0.356 e. The molecule has 5 nitrogen and oxygen atoms in total. The number of hydrogen-bond donors (Lipinski definition) is 1. The third-order valence-electron chi connectivity index (χ3n) is 6.27. The first-order valence-electron chi connectivity index (χ1n) is 11.5. The van der Waals surface area contributed by atoms with Crippen molar-refractivity contribution in [3.8, 4) is 0 Å². The topological polar surface area (TPSA) is 44.3 Å². The number of aryl methyl sites for hydroxylation is 1. The zero-order valence-corrected chi connectivity index (χ0v) is 17.6. The molecule has 156 valence electrons. The Labute approximate surface area is 175 Å². The fraction of sp³-hybridized carbons (Fsp3) is 0.583. The van der Waals surface area contributed by atoms with Crippen LogP contribution in [0.15, 0.2) is 42.6 Å². The molecule has 2 saturated heterocycles. The summed E-state index contributed by atoms with van der Waals surface area (Å²) in [7, 11) is 0. The third kappa shape index (κ3) is 6.17. The van der Waals surface area contributed by atoms with Crippen LogP contribution in [0.4, 0.5) is 11.8 Å². The van der Waals surface area contributed by atoms with Crippen molar-refractivity contribution in [1.29, 1.82) is 0 Å². The molecule has 2 aliphatic heterocycles. The summed E-state index contributed by atoms with van der Waals surface area (Å²) in [6.45, 7) is 5.77. The maximum Gasteiger partial charge on any atom is 0.224 e. The highest BCUT2D eigenvalue weighted by Crippen LogP contribution is 2.20. The third-order valence-corrected chi connectivity index (χ3v) is 6.27. The standard InChI is InChI=1S/C24H35N5/c1-2-7-18-29(17-6-1)23-12-15-25-24(27-23)26-22-13-19-28(20-14-22)16-8-11-21-9-4-3-5-10-21/h3-5,9-10,12,15,22H,1-2,6-8,11,13-14,16-20H2,(H,25,26,27). The average Bonchev–Trinajstić information content (AvgIpc) is 3.06. The SMILES string of the molecule is c1ccc(CCCN2CCC(Nc3nccc(N4CCCCCC4)n3)CC2)cc1. The summed E-state index contributed by atoms with van der Waals surface area (Å²) >= 11 is 0. The van der Waals surface area contributed by atoms with E-state index in [2.05, 4.69) is 56.5 Å². The lowest BCUT2D eigenvalue weighted by molar-refractivity contribution is 0.216. The highest BCUT2D eigenvalue weighted by Gasteiger charge is 2.20. The molecule has 0 radical (unpaired) electrons. The predicted molar refractivity (Wildman–Crippen MR) is 121 cm³/mol. The van der Waals surface area contributed by atoms with Gasteiger partial charge in [0.25, 0.3) is 0 Å². The number of hydrogen-bond acceptors (Lipinski definition) is 5. The van der Waals surface area contributed by atoms with Crippen LogP contribution in [0.25, 0.3) is 0 Å². The quantitative estimate of drug-likeness (QED) is 0.757. The molecule has 4 rings (SSSR count). The van der Waals surface area contributed by atoms with Crippen LogP contribution in [0.5, 0.6) is 0 Å². The van der Waals surface area contributed by atoms with Crippen molar-refractivity contribution in [1.82, 2.24) is 14.9 Å². The molecule has 2 fully saturated rings. The molecule has 0 spiro atoms. The minimum atomic E-state index is 0.486. The summed E-state index contributed by atoms with van der Waals surface area (Å²) in [6.07, 6.45) is 11.9. The first-order chi connectivity index (χ1) is 14.4. The molecule has 3 heterocycles. The summed E-state index contributed by atoms with van der Waals surface area (Å²) in [6, 6.07) is 13.4. The van der Waals surface area contributed by atoms with Gasteiger partial charge >= 0.3 is 0 Å². The van der Waals surface area contributed by atoms with E-state index in [4.69, 9.17) is 4.98 Å². The second kappa shape index (κ2) is 10.6. The van der Waals surface area contributed by atoms with Crippen LogP contribution in [0.3, 0.4) is 0 Å². The highest BCUT2D eigenvalue weighted by atomic mass is 15.2. The van der Waals surface area contributed by atoms with Crippen molar-refractivity contribution >= 4 is 11.8 Å². The molecule has 0 bridgehead atoms. The van der Waals surface area contributed by atoms with Gasteiger partial charge in [0.15, 0.2) is 0 Å². The first kappa shape index (κ1) is 20.1. The lowest BCUT2D eigenvalue weighted by Gasteiger charge is -2.32. The number of nitrogens with zero attached hydrogens (tertiary/aromatic N) is 4. The normalized spacial score (nSPS) is 19.1. The molecule has 0 aliphatic carbocycles. The number of aromatic nitrogens is 2. The van der Waals surface area contributed by atoms with Crippen LogP contribution in [0, 0.1) is 0 Å². The highest BCUT2D eigenvalue weighted by molar-refractivity contribution is 5.43. The van der Waals surface area contributed by atoms with Gasteiger partial charge in [-0.25, -0.2) is 4.98 Å². The summed E-state index contributed by atoms with van der Waals surface area (Å²) in [5.74, 6) is 1.89.